The van der Waals surface area contributed by atoms with Crippen molar-refractivity contribution in [2.75, 3.05) is 13.2 Å². The molecule has 3 rings (SSSR count). The van der Waals surface area contributed by atoms with Crippen LogP contribution in [0.15, 0.2) is 54.9 Å². The van der Waals surface area contributed by atoms with Crippen molar-refractivity contribution < 1.29 is 18.7 Å². The van der Waals surface area contributed by atoms with Gasteiger partial charge in [-0.15, -0.1) is 0 Å². The summed E-state index contributed by atoms with van der Waals surface area (Å²) in [5.74, 6) is -0.0988. The van der Waals surface area contributed by atoms with Gasteiger partial charge in [0.25, 0.3) is 0 Å². The van der Waals surface area contributed by atoms with E-state index in [1.54, 1.807) is 37.5 Å². The van der Waals surface area contributed by atoms with Crippen molar-refractivity contribution in [2.24, 2.45) is 0 Å². The van der Waals surface area contributed by atoms with Crippen LogP contribution < -0.4 is 4.74 Å². The minimum atomic E-state index is -0.419. The molecule has 5 heteroatoms. The van der Waals surface area contributed by atoms with Gasteiger partial charge in [0, 0.05) is 29.8 Å². The summed E-state index contributed by atoms with van der Waals surface area (Å²) in [7, 11) is 0. The zero-order valence-corrected chi connectivity index (χ0v) is 13.9. The van der Waals surface area contributed by atoms with Gasteiger partial charge in [0.2, 0.25) is 0 Å². The molecule has 0 radical (unpaired) electrons. The predicted molar refractivity (Wildman–Crippen MR) is 93.1 cm³/mol. The zero-order valence-electron chi connectivity index (χ0n) is 13.9. The van der Waals surface area contributed by atoms with Crippen LogP contribution in [-0.2, 0) is 16.0 Å². The molecule has 0 atom stereocenters. The number of halogens is 1. The predicted octanol–water partition coefficient (Wildman–Crippen LogP) is 3.91. The fraction of sp³-hybridized carbons (Fsp3) is 0.200. The number of rotatable bonds is 6. The maximum absolute atomic E-state index is 14.0. The van der Waals surface area contributed by atoms with Crippen molar-refractivity contribution in [3.63, 3.8) is 0 Å². The van der Waals surface area contributed by atoms with Crippen molar-refractivity contribution in [1.82, 2.24) is 4.98 Å². The molecule has 0 aliphatic rings. The maximum Gasteiger partial charge on any atom is 0.344 e. The maximum atomic E-state index is 14.0. The van der Waals surface area contributed by atoms with E-state index in [1.165, 1.54) is 6.07 Å². The van der Waals surface area contributed by atoms with E-state index in [-0.39, 0.29) is 12.4 Å². The highest BCUT2D eigenvalue weighted by atomic mass is 19.1. The van der Waals surface area contributed by atoms with Gasteiger partial charge < -0.3 is 9.47 Å². The topological polar surface area (TPSA) is 48.4 Å². The number of aromatic nitrogens is 1. The van der Waals surface area contributed by atoms with Gasteiger partial charge in [-0.25, -0.2) is 9.18 Å². The Balaban J connectivity index is 1.87. The summed E-state index contributed by atoms with van der Waals surface area (Å²) in [5.41, 5.74) is 1.79. The van der Waals surface area contributed by atoms with Crippen LogP contribution in [0.5, 0.6) is 5.75 Å². The average molecular weight is 339 g/mol. The molecule has 2 aromatic carbocycles. The van der Waals surface area contributed by atoms with Gasteiger partial charge in [-0.2, -0.15) is 0 Å². The summed E-state index contributed by atoms with van der Waals surface area (Å²) >= 11 is 0. The van der Waals surface area contributed by atoms with Crippen LogP contribution >= 0.6 is 0 Å². The molecule has 0 N–H and O–H groups in total. The Bertz CT molecular complexity index is 895. The second kappa shape index (κ2) is 7.75. The number of pyridine rings is 1. The molecule has 3 aromatic rings. The van der Waals surface area contributed by atoms with Crippen LogP contribution in [0.25, 0.3) is 10.8 Å². The molecule has 0 aliphatic heterocycles. The number of hydrogen-bond donors (Lipinski definition) is 0. The first kappa shape index (κ1) is 16.9. The number of ether oxygens (including phenoxy) is 2. The van der Waals surface area contributed by atoms with Crippen molar-refractivity contribution >= 4 is 16.7 Å². The van der Waals surface area contributed by atoms with E-state index in [2.05, 4.69) is 4.98 Å². The van der Waals surface area contributed by atoms with Crippen LogP contribution in [-0.4, -0.2) is 24.2 Å². The second-order valence-electron chi connectivity index (χ2n) is 5.51. The molecule has 0 aliphatic carbocycles. The highest BCUT2D eigenvalue weighted by Gasteiger charge is 2.11. The lowest BCUT2D eigenvalue weighted by molar-refractivity contribution is -0.145. The second-order valence-corrected chi connectivity index (χ2v) is 5.51. The molecular formula is C20H18FNO3. The van der Waals surface area contributed by atoms with Crippen LogP contribution in [0, 0.1) is 5.82 Å². The standard InChI is InChI=1S/C20H18FNO3/c1-2-24-20(23)13-25-19-9-10-22-12-15(19)11-14-7-8-18(21)17-6-4-3-5-16(14)17/h3-10,12H,2,11,13H2,1H3. The number of fused-ring (bicyclic) bond motifs is 1. The largest absolute Gasteiger partial charge is 0.481 e. The van der Waals surface area contributed by atoms with Crippen LogP contribution in [0.2, 0.25) is 0 Å². The Morgan fingerprint density at radius 2 is 1.88 bits per heavy atom. The van der Waals surface area contributed by atoms with Gasteiger partial charge in [0.15, 0.2) is 6.61 Å². The number of esters is 1. The molecule has 128 valence electrons. The van der Waals surface area contributed by atoms with Gasteiger partial charge in [0.1, 0.15) is 11.6 Å². The van der Waals surface area contributed by atoms with Gasteiger partial charge in [0.05, 0.1) is 6.61 Å². The zero-order chi connectivity index (χ0) is 17.6. The molecule has 0 bridgehead atoms. The molecule has 4 nitrogen and oxygen atoms in total. The number of carbonyl (C=O) groups is 1. The van der Waals surface area contributed by atoms with Crippen LogP contribution in [0.1, 0.15) is 18.1 Å². The Labute approximate surface area is 145 Å². The third-order valence-corrected chi connectivity index (χ3v) is 3.85. The normalized spacial score (nSPS) is 10.6. The third kappa shape index (κ3) is 3.94. The lowest BCUT2D eigenvalue weighted by Gasteiger charge is -2.12. The minimum absolute atomic E-state index is 0.158. The quantitative estimate of drug-likeness (QED) is 0.639. The molecule has 0 spiro atoms. The number of hydrogen-bond acceptors (Lipinski definition) is 4. The number of nitrogens with zero attached hydrogens (tertiary/aromatic N) is 1. The summed E-state index contributed by atoms with van der Waals surface area (Å²) in [6.07, 6.45) is 3.82. The van der Waals surface area contributed by atoms with Crippen molar-refractivity contribution in [3.05, 3.63) is 71.8 Å². The fourth-order valence-corrected chi connectivity index (χ4v) is 2.71. The van der Waals surface area contributed by atoms with Gasteiger partial charge in [-0.05, 0) is 30.0 Å². The molecule has 0 saturated carbocycles. The van der Waals surface area contributed by atoms with Crippen molar-refractivity contribution in [2.45, 2.75) is 13.3 Å². The number of carbonyl (C=O) groups excluding carboxylic acids is 1. The van der Waals surface area contributed by atoms with Gasteiger partial charge >= 0.3 is 5.97 Å². The lowest BCUT2D eigenvalue weighted by atomic mass is 9.98. The Morgan fingerprint density at radius 1 is 1.08 bits per heavy atom. The van der Waals surface area contributed by atoms with Crippen LogP contribution in [0.4, 0.5) is 4.39 Å². The highest BCUT2D eigenvalue weighted by Crippen LogP contribution is 2.27. The SMILES string of the molecule is CCOC(=O)COc1ccncc1Cc1ccc(F)c2ccccc12. The van der Waals surface area contributed by atoms with E-state index in [1.807, 2.05) is 18.2 Å². The van der Waals surface area contributed by atoms with Crippen molar-refractivity contribution in [1.29, 1.82) is 0 Å². The summed E-state index contributed by atoms with van der Waals surface area (Å²) in [6, 6.07) is 12.3. The summed E-state index contributed by atoms with van der Waals surface area (Å²) in [6.45, 7) is 1.90. The first-order valence-electron chi connectivity index (χ1n) is 8.06. The first-order valence-corrected chi connectivity index (χ1v) is 8.06. The van der Waals surface area contributed by atoms with Gasteiger partial charge in [-0.3, -0.25) is 4.98 Å². The van der Waals surface area contributed by atoms with E-state index < -0.39 is 5.97 Å². The van der Waals surface area contributed by atoms with E-state index in [9.17, 15) is 9.18 Å². The highest BCUT2D eigenvalue weighted by molar-refractivity contribution is 5.86. The molecule has 0 unspecified atom stereocenters. The Morgan fingerprint density at radius 3 is 2.68 bits per heavy atom. The summed E-state index contributed by atoms with van der Waals surface area (Å²) in [5, 5.41) is 1.43. The van der Waals surface area contributed by atoms with Gasteiger partial charge in [-0.1, -0.05) is 30.3 Å². The van der Waals surface area contributed by atoms with E-state index in [0.29, 0.717) is 24.2 Å². The monoisotopic (exact) mass is 339 g/mol. The molecule has 1 aromatic heterocycles. The smallest absolute Gasteiger partial charge is 0.344 e. The first-order chi connectivity index (χ1) is 12.2. The Kier molecular flexibility index (Phi) is 5.23. The van der Waals surface area contributed by atoms with Crippen molar-refractivity contribution in [3.8, 4) is 5.75 Å². The summed E-state index contributed by atoms with van der Waals surface area (Å²) < 4.78 is 24.4. The van der Waals surface area contributed by atoms with E-state index >= 15 is 0 Å². The molecule has 0 fully saturated rings. The van der Waals surface area contributed by atoms with E-state index in [4.69, 9.17) is 9.47 Å². The minimum Gasteiger partial charge on any atom is -0.481 e. The Hall–Kier alpha value is -2.95. The fourth-order valence-electron chi connectivity index (χ4n) is 2.71. The van der Waals surface area contributed by atoms with E-state index in [0.717, 1.165) is 16.5 Å². The molecule has 1 heterocycles. The molecular weight excluding hydrogens is 321 g/mol. The molecule has 0 saturated heterocycles. The number of benzene rings is 2. The third-order valence-electron chi connectivity index (χ3n) is 3.85. The average Bonchev–Trinajstić information content (AvgIpc) is 2.64. The lowest BCUT2D eigenvalue weighted by Crippen LogP contribution is -2.15. The summed E-state index contributed by atoms with van der Waals surface area (Å²) in [4.78, 5) is 15.6. The molecule has 0 amide bonds. The van der Waals surface area contributed by atoms with Crippen LogP contribution in [0.3, 0.4) is 0 Å². The molecule has 25 heavy (non-hydrogen) atoms.